The minimum atomic E-state index is -0.0267. The van der Waals surface area contributed by atoms with Gasteiger partial charge in [0.15, 0.2) is 5.78 Å². The van der Waals surface area contributed by atoms with Gasteiger partial charge >= 0.3 is 0 Å². The average molecular weight is 336 g/mol. The lowest BCUT2D eigenvalue weighted by atomic mass is 10.0. The fourth-order valence-electron chi connectivity index (χ4n) is 3.12. The predicted octanol–water partition coefficient (Wildman–Crippen LogP) is 3.18. The molecule has 1 aliphatic heterocycles. The smallest absolute Gasteiger partial charge is 0.220 e. The van der Waals surface area contributed by atoms with E-state index in [-0.39, 0.29) is 30.6 Å². The van der Waals surface area contributed by atoms with Crippen LogP contribution in [0, 0.1) is 0 Å². The summed E-state index contributed by atoms with van der Waals surface area (Å²) in [5.41, 5.74) is 2.87. The predicted molar refractivity (Wildman–Crippen MR) is 99.5 cm³/mol. The van der Waals surface area contributed by atoms with Crippen LogP contribution in [0.4, 0.5) is 0 Å². The van der Waals surface area contributed by atoms with E-state index in [0.717, 1.165) is 37.1 Å². The molecule has 4 nitrogen and oxygen atoms in total. The Labute approximate surface area is 148 Å². The highest BCUT2D eigenvalue weighted by Gasteiger charge is 2.16. The van der Waals surface area contributed by atoms with Crippen LogP contribution in [-0.4, -0.2) is 30.8 Å². The first-order chi connectivity index (χ1) is 12.2. The summed E-state index contributed by atoms with van der Waals surface area (Å²) in [4.78, 5) is 24.3. The Kier molecular flexibility index (Phi) is 5.96. The average Bonchev–Trinajstić information content (AvgIpc) is 2.68. The summed E-state index contributed by atoms with van der Waals surface area (Å²) < 4.78 is 0. The van der Waals surface area contributed by atoms with Gasteiger partial charge in [-0.15, -0.1) is 0 Å². The molecule has 25 heavy (non-hydrogen) atoms. The van der Waals surface area contributed by atoms with Crippen LogP contribution in [0.1, 0.15) is 36.0 Å². The number of nitrogens with one attached hydrogen (secondary N) is 2. The third-order valence-electron chi connectivity index (χ3n) is 4.60. The summed E-state index contributed by atoms with van der Waals surface area (Å²) >= 11 is 0. The number of amides is 1. The van der Waals surface area contributed by atoms with Crippen molar-refractivity contribution >= 4 is 11.7 Å². The molecule has 130 valence electrons. The molecule has 4 heteroatoms. The van der Waals surface area contributed by atoms with Crippen molar-refractivity contribution in [2.45, 2.75) is 31.7 Å². The van der Waals surface area contributed by atoms with E-state index in [2.05, 4.69) is 10.6 Å². The minimum Gasteiger partial charge on any atom is -0.353 e. The molecular weight excluding hydrogens is 312 g/mol. The Morgan fingerprint density at radius 2 is 1.52 bits per heavy atom. The highest BCUT2D eigenvalue weighted by Crippen LogP contribution is 2.20. The molecule has 2 N–H and O–H groups in total. The summed E-state index contributed by atoms with van der Waals surface area (Å²) in [5.74, 6) is -0.0128. The summed E-state index contributed by atoms with van der Waals surface area (Å²) in [6, 6.07) is 17.9. The van der Waals surface area contributed by atoms with Gasteiger partial charge in [-0.2, -0.15) is 0 Å². The maximum Gasteiger partial charge on any atom is 0.220 e. The number of hydrogen-bond acceptors (Lipinski definition) is 3. The molecule has 1 fully saturated rings. The second-order valence-corrected chi connectivity index (χ2v) is 6.46. The molecular formula is C21H24N2O2. The van der Waals surface area contributed by atoms with E-state index < -0.39 is 0 Å². The second kappa shape index (κ2) is 8.58. The van der Waals surface area contributed by atoms with Crippen molar-refractivity contribution in [3.63, 3.8) is 0 Å². The molecule has 0 bridgehead atoms. The van der Waals surface area contributed by atoms with E-state index in [1.54, 1.807) is 0 Å². The number of carbonyl (C=O) groups excluding carboxylic acids is 2. The van der Waals surface area contributed by atoms with Crippen molar-refractivity contribution in [2.24, 2.45) is 0 Å². The van der Waals surface area contributed by atoms with Gasteiger partial charge in [0.1, 0.15) is 0 Å². The van der Waals surface area contributed by atoms with Crippen molar-refractivity contribution in [3.05, 3.63) is 60.2 Å². The van der Waals surface area contributed by atoms with Gasteiger partial charge in [0, 0.05) is 24.4 Å². The first-order valence-electron chi connectivity index (χ1n) is 8.91. The van der Waals surface area contributed by atoms with Gasteiger partial charge in [-0.25, -0.2) is 0 Å². The number of piperidine rings is 1. The highest BCUT2D eigenvalue weighted by atomic mass is 16.2. The quantitative estimate of drug-likeness (QED) is 0.797. The number of benzene rings is 2. The Morgan fingerprint density at radius 3 is 2.20 bits per heavy atom. The van der Waals surface area contributed by atoms with E-state index in [1.807, 2.05) is 54.6 Å². The number of ketones is 1. The molecule has 0 atom stereocenters. The van der Waals surface area contributed by atoms with E-state index in [9.17, 15) is 9.59 Å². The fraction of sp³-hybridized carbons (Fsp3) is 0.333. The summed E-state index contributed by atoms with van der Waals surface area (Å²) in [6.07, 6.45) is 2.42. The zero-order valence-electron chi connectivity index (χ0n) is 14.3. The molecule has 0 radical (unpaired) electrons. The van der Waals surface area contributed by atoms with Crippen LogP contribution in [0.2, 0.25) is 0 Å². The van der Waals surface area contributed by atoms with Crippen LogP contribution in [0.15, 0.2) is 54.6 Å². The minimum absolute atomic E-state index is 0.0140. The molecule has 2 aromatic rings. The normalized spacial score (nSPS) is 14.9. The van der Waals surface area contributed by atoms with Crippen molar-refractivity contribution in [1.82, 2.24) is 10.6 Å². The van der Waals surface area contributed by atoms with Crippen LogP contribution in [0.3, 0.4) is 0 Å². The number of rotatable bonds is 6. The molecule has 0 aliphatic carbocycles. The molecule has 0 spiro atoms. The van der Waals surface area contributed by atoms with Gasteiger partial charge in [0.2, 0.25) is 5.91 Å². The SMILES string of the molecule is O=C(CCC(=O)c1ccc(-c2ccccc2)cc1)NC1CCNCC1. The largest absolute Gasteiger partial charge is 0.353 e. The Hall–Kier alpha value is -2.46. The van der Waals surface area contributed by atoms with E-state index in [1.165, 1.54) is 0 Å². The van der Waals surface area contributed by atoms with Gasteiger partial charge in [0.25, 0.3) is 0 Å². The molecule has 1 heterocycles. The molecule has 2 aromatic carbocycles. The van der Waals surface area contributed by atoms with Crippen LogP contribution >= 0.6 is 0 Å². The zero-order valence-corrected chi connectivity index (χ0v) is 14.3. The first kappa shape index (κ1) is 17.4. The Morgan fingerprint density at radius 1 is 0.880 bits per heavy atom. The molecule has 0 unspecified atom stereocenters. The Bertz CT molecular complexity index is 704. The molecule has 3 rings (SSSR count). The standard InChI is InChI=1S/C21H24N2O2/c24-20(10-11-21(25)23-19-12-14-22-15-13-19)18-8-6-17(7-9-18)16-4-2-1-3-5-16/h1-9,19,22H,10-15H2,(H,23,25). The third-order valence-corrected chi connectivity index (χ3v) is 4.60. The number of carbonyl (C=O) groups is 2. The summed E-state index contributed by atoms with van der Waals surface area (Å²) in [7, 11) is 0. The van der Waals surface area contributed by atoms with Crippen LogP contribution < -0.4 is 10.6 Å². The zero-order chi connectivity index (χ0) is 17.5. The molecule has 1 aliphatic rings. The fourth-order valence-corrected chi connectivity index (χ4v) is 3.12. The second-order valence-electron chi connectivity index (χ2n) is 6.46. The maximum absolute atomic E-state index is 12.3. The summed E-state index contributed by atoms with van der Waals surface area (Å²) in [6.45, 7) is 1.88. The van der Waals surface area contributed by atoms with Crippen LogP contribution in [0.25, 0.3) is 11.1 Å². The van der Waals surface area contributed by atoms with Crippen molar-refractivity contribution in [1.29, 1.82) is 0 Å². The van der Waals surface area contributed by atoms with Gasteiger partial charge in [-0.3, -0.25) is 9.59 Å². The van der Waals surface area contributed by atoms with E-state index >= 15 is 0 Å². The van der Waals surface area contributed by atoms with Crippen LogP contribution in [0.5, 0.6) is 0 Å². The number of Topliss-reactive ketones (excluding diaryl/α,β-unsaturated/α-hetero) is 1. The van der Waals surface area contributed by atoms with Gasteiger partial charge in [-0.05, 0) is 37.1 Å². The van der Waals surface area contributed by atoms with Crippen molar-refractivity contribution in [2.75, 3.05) is 13.1 Å². The third kappa shape index (κ3) is 5.00. The van der Waals surface area contributed by atoms with Crippen molar-refractivity contribution < 1.29 is 9.59 Å². The van der Waals surface area contributed by atoms with E-state index in [4.69, 9.17) is 0 Å². The molecule has 0 aromatic heterocycles. The van der Waals surface area contributed by atoms with Gasteiger partial charge < -0.3 is 10.6 Å². The molecule has 1 saturated heterocycles. The Balaban J connectivity index is 1.50. The lowest BCUT2D eigenvalue weighted by Gasteiger charge is -2.23. The number of hydrogen-bond donors (Lipinski definition) is 2. The highest BCUT2D eigenvalue weighted by molar-refractivity contribution is 5.98. The summed E-state index contributed by atoms with van der Waals surface area (Å²) in [5, 5.41) is 6.30. The lowest BCUT2D eigenvalue weighted by molar-refractivity contribution is -0.121. The topological polar surface area (TPSA) is 58.2 Å². The lowest BCUT2D eigenvalue weighted by Crippen LogP contribution is -2.42. The monoisotopic (exact) mass is 336 g/mol. The molecule has 1 amide bonds. The van der Waals surface area contributed by atoms with Gasteiger partial charge in [-0.1, -0.05) is 54.6 Å². The van der Waals surface area contributed by atoms with E-state index in [0.29, 0.717) is 5.56 Å². The first-order valence-corrected chi connectivity index (χ1v) is 8.91. The van der Waals surface area contributed by atoms with Gasteiger partial charge in [0.05, 0.1) is 0 Å². The molecule has 0 saturated carbocycles. The van der Waals surface area contributed by atoms with Crippen molar-refractivity contribution in [3.8, 4) is 11.1 Å². The van der Waals surface area contributed by atoms with Crippen LogP contribution in [-0.2, 0) is 4.79 Å². The maximum atomic E-state index is 12.3.